The van der Waals surface area contributed by atoms with Gasteiger partial charge >= 0.3 is 12.1 Å². The highest BCUT2D eigenvalue weighted by Crippen LogP contribution is 2.51. The number of nitrogens with zero attached hydrogens (tertiary/aromatic N) is 3. The zero-order valence-electron chi connectivity index (χ0n) is 17.5. The van der Waals surface area contributed by atoms with Gasteiger partial charge in [-0.25, -0.2) is 14.5 Å². The maximum atomic E-state index is 12.5. The molecule has 0 radical (unpaired) electrons. The summed E-state index contributed by atoms with van der Waals surface area (Å²) in [4.78, 5) is 30.4. The van der Waals surface area contributed by atoms with Gasteiger partial charge in [-0.05, 0) is 55.4 Å². The first-order chi connectivity index (χ1) is 14.2. The van der Waals surface area contributed by atoms with Gasteiger partial charge in [0.25, 0.3) is 0 Å². The first-order valence-corrected chi connectivity index (χ1v) is 10.2. The van der Waals surface area contributed by atoms with E-state index in [-0.39, 0.29) is 11.6 Å². The van der Waals surface area contributed by atoms with Crippen LogP contribution in [0.2, 0.25) is 5.02 Å². The molecule has 8 heteroatoms. The largest absolute Gasteiger partial charge is 0.423 e. The summed E-state index contributed by atoms with van der Waals surface area (Å²) in [6.45, 7) is 3.26. The number of hydrogen-bond donors (Lipinski definition) is 1. The molecule has 2 atom stereocenters. The number of halogens is 1. The predicted molar refractivity (Wildman–Crippen MR) is 117 cm³/mol. The first-order valence-electron chi connectivity index (χ1n) is 9.80. The van der Waals surface area contributed by atoms with Gasteiger partial charge in [-0.3, -0.25) is 4.90 Å². The van der Waals surface area contributed by atoms with Crippen molar-refractivity contribution in [2.45, 2.75) is 24.9 Å². The van der Waals surface area contributed by atoms with Gasteiger partial charge in [0.15, 0.2) is 0 Å². The molecule has 2 aromatic rings. The van der Waals surface area contributed by atoms with E-state index >= 15 is 0 Å². The number of carbonyl (C=O) groups is 2. The third-order valence-electron chi connectivity index (χ3n) is 6.16. The number of likely N-dealkylation sites (tertiary alicyclic amines) is 1. The summed E-state index contributed by atoms with van der Waals surface area (Å²) in [6, 6.07) is 11.8. The van der Waals surface area contributed by atoms with E-state index in [1.807, 2.05) is 12.1 Å². The van der Waals surface area contributed by atoms with E-state index in [4.69, 9.17) is 16.3 Å². The van der Waals surface area contributed by atoms with Gasteiger partial charge in [0.1, 0.15) is 5.75 Å². The molecule has 4 rings (SSSR count). The van der Waals surface area contributed by atoms with Crippen LogP contribution >= 0.6 is 11.6 Å². The molecule has 2 aliphatic rings. The number of fused-ring (bicyclic) bond motifs is 3. The van der Waals surface area contributed by atoms with E-state index in [0.29, 0.717) is 16.5 Å². The number of hydrogen-bond acceptors (Lipinski definition) is 5. The Hall–Kier alpha value is -2.77. The summed E-state index contributed by atoms with van der Waals surface area (Å²) in [5.74, 6) is 0.422. The average Bonchev–Trinajstić information content (AvgIpc) is 3.13. The number of carbonyl (C=O) groups excluding carboxylic acids is 2. The van der Waals surface area contributed by atoms with Crippen molar-refractivity contribution in [3.8, 4) is 5.75 Å². The Balaban J connectivity index is 1.48. The van der Waals surface area contributed by atoms with E-state index in [2.05, 4.69) is 36.1 Å². The van der Waals surface area contributed by atoms with Gasteiger partial charge in [0.05, 0.1) is 6.17 Å². The lowest BCUT2D eigenvalue weighted by atomic mass is 9.81. The Morgan fingerprint density at radius 2 is 2.00 bits per heavy atom. The molecule has 2 aliphatic heterocycles. The van der Waals surface area contributed by atoms with Crippen LogP contribution < -0.4 is 15.0 Å². The van der Waals surface area contributed by atoms with E-state index in [0.717, 1.165) is 29.1 Å². The van der Waals surface area contributed by atoms with Gasteiger partial charge in [-0.15, -0.1) is 0 Å². The molecule has 1 fully saturated rings. The van der Waals surface area contributed by atoms with Crippen LogP contribution in [0.3, 0.4) is 0 Å². The van der Waals surface area contributed by atoms with Crippen molar-refractivity contribution in [3.05, 3.63) is 53.1 Å². The molecule has 0 aromatic heterocycles. The molecular weight excluding hydrogens is 404 g/mol. The summed E-state index contributed by atoms with van der Waals surface area (Å²) < 4.78 is 5.51. The molecule has 0 spiro atoms. The molecule has 158 valence electrons. The van der Waals surface area contributed by atoms with Gasteiger partial charge in [0.2, 0.25) is 0 Å². The Bertz CT molecular complexity index is 1010. The molecule has 7 nitrogen and oxygen atoms in total. The second-order valence-corrected chi connectivity index (χ2v) is 8.62. The Labute approximate surface area is 181 Å². The zero-order chi connectivity index (χ0) is 21.6. The van der Waals surface area contributed by atoms with Gasteiger partial charge in [-0.2, -0.15) is 0 Å². The van der Waals surface area contributed by atoms with Crippen LogP contribution in [0.1, 0.15) is 18.9 Å². The summed E-state index contributed by atoms with van der Waals surface area (Å²) in [5.41, 5.74) is 2.77. The van der Waals surface area contributed by atoms with Crippen LogP contribution in [0, 0.1) is 0 Å². The average molecular weight is 429 g/mol. The number of ether oxygens (including phenoxy) is 1. The lowest BCUT2D eigenvalue weighted by Gasteiger charge is -2.32. The second kappa shape index (κ2) is 7.49. The molecule has 30 heavy (non-hydrogen) atoms. The van der Waals surface area contributed by atoms with Gasteiger partial charge in [0, 0.05) is 42.5 Å². The van der Waals surface area contributed by atoms with Crippen LogP contribution in [0.25, 0.3) is 0 Å². The molecule has 2 aromatic carbocycles. The maximum Gasteiger partial charge on any atom is 0.423 e. The Kier molecular flexibility index (Phi) is 5.11. The van der Waals surface area contributed by atoms with Gasteiger partial charge < -0.3 is 15.0 Å². The highest BCUT2D eigenvalue weighted by molar-refractivity contribution is 6.30. The highest BCUT2D eigenvalue weighted by atomic mass is 35.5. The quantitative estimate of drug-likeness (QED) is 0.769. The van der Waals surface area contributed by atoms with Crippen molar-refractivity contribution in [1.29, 1.82) is 0 Å². The van der Waals surface area contributed by atoms with E-state index < -0.39 is 12.1 Å². The maximum absolute atomic E-state index is 12.5. The number of likely N-dealkylation sites (N-methyl/N-ethyl adjacent to an activating group) is 2. The fourth-order valence-electron chi connectivity index (χ4n) is 4.64. The van der Waals surface area contributed by atoms with Crippen molar-refractivity contribution in [2.24, 2.45) is 0 Å². The standard InChI is InChI=1S/C22H25ClN4O3/c1-22-10-11-25(2)19(22)26(3)18-9-8-16(13-17(18)22)30-21(29)27(4)20(28)24-15-7-5-6-14(23)12-15/h5-9,12-13,19H,10-11H2,1-4H3,(H,24,28)/t19-,22+/m0/s1. The minimum atomic E-state index is -0.758. The highest BCUT2D eigenvalue weighted by Gasteiger charge is 2.52. The lowest BCUT2D eigenvalue weighted by molar-refractivity contribution is 0.167. The van der Waals surface area contributed by atoms with E-state index in [1.54, 1.807) is 30.3 Å². The molecule has 0 saturated carbocycles. The number of nitrogens with one attached hydrogen (secondary N) is 1. The minimum Gasteiger partial charge on any atom is -0.410 e. The molecule has 3 amide bonds. The molecular formula is C22H25ClN4O3. The summed E-state index contributed by atoms with van der Waals surface area (Å²) >= 11 is 5.93. The number of anilines is 2. The fraction of sp³-hybridized carbons (Fsp3) is 0.364. The number of imide groups is 1. The van der Waals surface area contributed by atoms with E-state index in [1.165, 1.54) is 7.05 Å². The SMILES string of the molecule is CN(C(=O)Nc1cccc(Cl)c1)C(=O)Oc1ccc2c(c1)[C@@]1(C)CCN(C)[C@H]1N2C. The fourth-order valence-corrected chi connectivity index (χ4v) is 4.83. The molecule has 0 aliphatic carbocycles. The van der Waals surface area contributed by atoms with E-state index in [9.17, 15) is 9.59 Å². The van der Waals surface area contributed by atoms with Crippen molar-refractivity contribution in [3.63, 3.8) is 0 Å². The number of amides is 3. The molecule has 1 saturated heterocycles. The number of benzene rings is 2. The third-order valence-corrected chi connectivity index (χ3v) is 6.40. The minimum absolute atomic E-state index is 0.0306. The van der Waals surface area contributed by atoms with Crippen LogP contribution in [-0.2, 0) is 5.41 Å². The lowest BCUT2D eigenvalue weighted by Crippen LogP contribution is -2.45. The Morgan fingerprint density at radius 3 is 2.73 bits per heavy atom. The van der Waals surface area contributed by atoms with Crippen molar-refractivity contribution in [1.82, 2.24) is 9.80 Å². The molecule has 0 bridgehead atoms. The first kappa shape index (κ1) is 20.5. The van der Waals surface area contributed by atoms with Crippen LogP contribution in [0.5, 0.6) is 5.75 Å². The molecule has 2 heterocycles. The Morgan fingerprint density at radius 1 is 1.23 bits per heavy atom. The van der Waals surface area contributed by atoms with Crippen LogP contribution in [0.15, 0.2) is 42.5 Å². The third kappa shape index (κ3) is 3.38. The summed E-state index contributed by atoms with van der Waals surface area (Å²) in [6.07, 6.45) is 0.556. The van der Waals surface area contributed by atoms with Crippen LogP contribution in [0.4, 0.5) is 21.0 Å². The summed E-state index contributed by atoms with van der Waals surface area (Å²) in [7, 11) is 5.59. The van der Waals surface area contributed by atoms with Gasteiger partial charge in [-0.1, -0.05) is 24.6 Å². The monoisotopic (exact) mass is 428 g/mol. The zero-order valence-corrected chi connectivity index (χ0v) is 18.2. The van der Waals surface area contributed by atoms with Crippen LogP contribution in [-0.4, -0.2) is 55.8 Å². The number of urea groups is 1. The molecule has 1 N–H and O–H groups in total. The van der Waals surface area contributed by atoms with Crippen molar-refractivity contribution >= 4 is 35.1 Å². The summed E-state index contributed by atoms with van der Waals surface area (Å²) in [5, 5.41) is 3.12. The second-order valence-electron chi connectivity index (χ2n) is 8.18. The normalized spacial score (nSPS) is 22.4. The van der Waals surface area contributed by atoms with Crippen molar-refractivity contribution < 1.29 is 14.3 Å². The predicted octanol–water partition coefficient (Wildman–Crippen LogP) is 4.37. The smallest absolute Gasteiger partial charge is 0.410 e. The topological polar surface area (TPSA) is 65.1 Å². The number of rotatable bonds is 2. The molecule has 0 unspecified atom stereocenters. The van der Waals surface area contributed by atoms with Crippen molar-refractivity contribution in [2.75, 3.05) is 37.9 Å².